The van der Waals surface area contributed by atoms with Crippen LogP contribution in [0, 0.1) is 0 Å². The van der Waals surface area contributed by atoms with Gasteiger partial charge >= 0.3 is 5.97 Å². The number of nitrogens with zero attached hydrogens (tertiary/aromatic N) is 1. The minimum absolute atomic E-state index is 0.00912. The molecule has 3 aromatic carbocycles. The molecule has 0 aliphatic heterocycles. The Balaban J connectivity index is 2.02. The second kappa shape index (κ2) is 8.21. The van der Waals surface area contributed by atoms with Crippen molar-refractivity contribution in [1.82, 2.24) is 0 Å². The first kappa shape index (κ1) is 21.4. The van der Waals surface area contributed by atoms with E-state index in [1.807, 2.05) is 31.1 Å². The molecule has 3 aromatic rings. The van der Waals surface area contributed by atoms with Crippen LogP contribution in [0.1, 0.15) is 5.56 Å². The number of aliphatic carboxylic acids is 1. The van der Waals surface area contributed by atoms with Gasteiger partial charge in [0.2, 0.25) is 0 Å². The summed E-state index contributed by atoms with van der Waals surface area (Å²) in [5.41, 5.74) is 6.85. The monoisotopic (exact) mass is 429 g/mol. The van der Waals surface area contributed by atoms with Gasteiger partial charge in [-0.15, -0.1) is 0 Å². The predicted octanol–water partition coefficient (Wildman–Crippen LogP) is 2.37. The molecule has 0 saturated carbocycles. The largest absolute Gasteiger partial charge is 0.506 e. The fraction of sp³-hybridized carbons (Fsp3) is 0.190. The van der Waals surface area contributed by atoms with Crippen molar-refractivity contribution in [2.75, 3.05) is 23.7 Å². The summed E-state index contributed by atoms with van der Waals surface area (Å²) < 4.78 is 28.7. The topological polar surface area (TPSA) is 133 Å². The fourth-order valence-corrected chi connectivity index (χ4v) is 4.51. The zero-order valence-electron chi connectivity index (χ0n) is 16.5. The highest BCUT2D eigenvalue weighted by atomic mass is 32.2. The number of sulfonamides is 1. The molecule has 0 fully saturated rings. The van der Waals surface area contributed by atoms with Crippen LogP contribution in [0.5, 0.6) is 5.75 Å². The number of hydrogen-bond acceptors (Lipinski definition) is 6. The lowest BCUT2D eigenvalue weighted by Crippen LogP contribution is -2.32. The Hall–Kier alpha value is -3.30. The first-order chi connectivity index (χ1) is 14.1. The maximum atomic E-state index is 13.1. The van der Waals surface area contributed by atoms with E-state index in [9.17, 15) is 18.3 Å². The predicted molar refractivity (Wildman–Crippen MR) is 117 cm³/mol. The van der Waals surface area contributed by atoms with Crippen molar-refractivity contribution < 1.29 is 23.4 Å². The summed E-state index contributed by atoms with van der Waals surface area (Å²) >= 11 is 0. The Labute approximate surface area is 174 Å². The van der Waals surface area contributed by atoms with Crippen LogP contribution < -0.4 is 15.4 Å². The number of rotatable bonds is 7. The van der Waals surface area contributed by atoms with Crippen LogP contribution in [0.4, 0.5) is 11.4 Å². The molecule has 0 aliphatic carbocycles. The quantitative estimate of drug-likeness (QED) is 0.424. The number of fused-ring (bicyclic) bond motifs is 1. The van der Waals surface area contributed by atoms with E-state index in [-0.39, 0.29) is 22.8 Å². The first-order valence-corrected chi connectivity index (χ1v) is 10.6. The Morgan fingerprint density at radius 2 is 1.77 bits per heavy atom. The van der Waals surface area contributed by atoms with Crippen LogP contribution in [0.3, 0.4) is 0 Å². The second-order valence-corrected chi connectivity index (χ2v) is 8.78. The number of carboxylic acids is 1. The van der Waals surface area contributed by atoms with Crippen molar-refractivity contribution in [3.8, 4) is 5.75 Å². The lowest BCUT2D eigenvalue weighted by molar-refractivity contribution is -0.138. The van der Waals surface area contributed by atoms with Crippen LogP contribution in [0.25, 0.3) is 10.8 Å². The first-order valence-electron chi connectivity index (χ1n) is 9.12. The number of nitrogens with one attached hydrogen (secondary N) is 1. The van der Waals surface area contributed by atoms with Gasteiger partial charge in [-0.1, -0.05) is 30.3 Å². The summed E-state index contributed by atoms with van der Waals surface area (Å²) in [6.07, 6.45) is -0.00912. The van der Waals surface area contributed by atoms with Gasteiger partial charge in [0.15, 0.2) is 0 Å². The van der Waals surface area contributed by atoms with Crippen LogP contribution in [0.2, 0.25) is 0 Å². The van der Waals surface area contributed by atoms with Gasteiger partial charge in [-0.3, -0.25) is 9.52 Å². The van der Waals surface area contributed by atoms with E-state index in [1.165, 1.54) is 24.3 Å². The third-order valence-corrected chi connectivity index (χ3v) is 6.13. The highest BCUT2D eigenvalue weighted by molar-refractivity contribution is 7.93. The molecule has 0 heterocycles. The van der Waals surface area contributed by atoms with Gasteiger partial charge in [0.05, 0.1) is 10.6 Å². The van der Waals surface area contributed by atoms with Gasteiger partial charge in [-0.25, -0.2) is 8.42 Å². The zero-order valence-corrected chi connectivity index (χ0v) is 17.3. The molecule has 0 amide bonds. The van der Waals surface area contributed by atoms with Gasteiger partial charge < -0.3 is 20.8 Å². The Bertz CT molecular complexity index is 1210. The van der Waals surface area contributed by atoms with Crippen molar-refractivity contribution in [3.63, 3.8) is 0 Å². The Kier molecular flexibility index (Phi) is 5.86. The third-order valence-electron chi connectivity index (χ3n) is 4.71. The lowest BCUT2D eigenvalue weighted by atomic mass is 10.1. The van der Waals surface area contributed by atoms with Crippen molar-refractivity contribution >= 4 is 38.1 Å². The molecule has 0 unspecified atom stereocenters. The van der Waals surface area contributed by atoms with Crippen LogP contribution >= 0.6 is 0 Å². The van der Waals surface area contributed by atoms with E-state index < -0.39 is 22.0 Å². The number of anilines is 2. The van der Waals surface area contributed by atoms with Gasteiger partial charge in [-0.2, -0.15) is 0 Å². The summed E-state index contributed by atoms with van der Waals surface area (Å²) in [7, 11) is -0.293. The molecular weight excluding hydrogens is 406 g/mol. The number of nitrogens with two attached hydrogens (primary N) is 1. The molecular formula is C21H23N3O5S. The summed E-state index contributed by atoms with van der Waals surface area (Å²) in [6.45, 7) is 0. The van der Waals surface area contributed by atoms with Crippen molar-refractivity contribution in [2.45, 2.75) is 17.4 Å². The molecule has 0 saturated heterocycles. The minimum atomic E-state index is -4.04. The fourth-order valence-electron chi connectivity index (χ4n) is 3.22. The lowest BCUT2D eigenvalue weighted by Gasteiger charge is -2.17. The molecule has 30 heavy (non-hydrogen) atoms. The number of phenolic OH excluding ortho intramolecular Hbond substituents is 1. The molecule has 0 bridgehead atoms. The summed E-state index contributed by atoms with van der Waals surface area (Å²) in [5, 5.41) is 20.4. The van der Waals surface area contributed by atoms with Gasteiger partial charge in [0, 0.05) is 30.6 Å². The van der Waals surface area contributed by atoms with Gasteiger partial charge in [0.1, 0.15) is 11.8 Å². The minimum Gasteiger partial charge on any atom is -0.506 e. The average Bonchev–Trinajstić information content (AvgIpc) is 2.69. The van der Waals surface area contributed by atoms with Crippen LogP contribution in [0.15, 0.2) is 59.5 Å². The summed E-state index contributed by atoms with van der Waals surface area (Å²) in [4.78, 5) is 12.9. The van der Waals surface area contributed by atoms with Crippen LogP contribution in [-0.4, -0.2) is 44.7 Å². The molecule has 3 rings (SSSR count). The number of benzene rings is 3. The number of hydrogen-bond donors (Lipinski definition) is 4. The van der Waals surface area contributed by atoms with E-state index in [4.69, 9.17) is 10.8 Å². The third kappa shape index (κ3) is 4.32. The molecule has 158 valence electrons. The SMILES string of the molecule is CN(C)c1cccc2c(S(=O)(=O)Nc3cc(C[C@H](N)C(=O)O)ccc3O)cccc12. The Morgan fingerprint density at radius 3 is 2.43 bits per heavy atom. The summed E-state index contributed by atoms with van der Waals surface area (Å²) in [5.74, 6) is -1.45. The van der Waals surface area contributed by atoms with Crippen molar-refractivity contribution in [2.24, 2.45) is 5.73 Å². The Morgan fingerprint density at radius 1 is 1.10 bits per heavy atom. The van der Waals surface area contributed by atoms with Gasteiger partial charge in [0.25, 0.3) is 10.0 Å². The maximum Gasteiger partial charge on any atom is 0.320 e. The standard InChI is InChI=1S/C21H23N3O5S/c1-24(2)18-7-3-6-15-14(18)5-4-8-20(15)30(28,29)23-17-12-13(9-10-19(17)25)11-16(22)21(26)27/h3-10,12,16,23,25H,11,22H2,1-2H3,(H,26,27)/t16-/m0/s1. The van der Waals surface area contributed by atoms with Gasteiger partial charge in [-0.05, 0) is 36.2 Å². The molecule has 8 nitrogen and oxygen atoms in total. The average molecular weight is 429 g/mol. The number of aromatic hydroxyl groups is 1. The number of carbonyl (C=O) groups is 1. The molecule has 0 aliphatic rings. The van der Waals surface area contributed by atoms with E-state index >= 15 is 0 Å². The zero-order chi connectivity index (χ0) is 22.1. The smallest absolute Gasteiger partial charge is 0.320 e. The maximum absolute atomic E-state index is 13.1. The molecule has 0 aromatic heterocycles. The molecule has 0 radical (unpaired) electrons. The van der Waals surface area contributed by atoms with E-state index in [0.29, 0.717) is 10.9 Å². The van der Waals surface area contributed by atoms with Crippen molar-refractivity contribution in [3.05, 3.63) is 60.2 Å². The highest BCUT2D eigenvalue weighted by Gasteiger charge is 2.21. The van der Waals surface area contributed by atoms with Crippen LogP contribution in [-0.2, 0) is 21.2 Å². The molecule has 5 N–H and O–H groups in total. The van der Waals surface area contributed by atoms with E-state index in [0.717, 1.165) is 11.1 Å². The molecule has 9 heteroatoms. The van der Waals surface area contributed by atoms with E-state index in [2.05, 4.69) is 4.72 Å². The highest BCUT2D eigenvalue weighted by Crippen LogP contribution is 2.33. The second-order valence-electron chi connectivity index (χ2n) is 7.13. The molecule has 1 atom stereocenters. The molecule has 0 spiro atoms. The number of carboxylic acid groups (broad SMARTS) is 1. The summed E-state index contributed by atoms with van der Waals surface area (Å²) in [6, 6.07) is 13.4. The number of phenols is 1. The normalized spacial score (nSPS) is 12.5. The van der Waals surface area contributed by atoms with E-state index in [1.54, 1.807) is 18.2 Å². The van der Waals surface area contributed by atoms with Crippen molar-refractivity contribution in [1.29, 1.82) is 0 Å².